The summed E-state index contributed by atoms with van der Waals surface area (Å²) >= 11 is 0. The zero-order valence-corrected chi connectivity index (χ0v) is 11.7. The number of piperazine rings is 1. The topological polar surface area (TPSA) is 76.2 Å². The molecule has 0 radical (unpaired) electrons. The molecule has 0 aliphatic carbocycles. The maximum absolute atomic E-state index is 12.7. The lowest BCUT2D eigenvalue weighted by atomic mass is 10.1. The van der Waals surface area contributed by atoms with Gasteiger partial charge in [0.1, 0.15) is 5.69 Å². The lowest BCUT2D eigenvalue weighted by Crippen LogP contribution is -2.56. The van der Waals surface area contributed by atoms with Gasteiger partial charge in [0.05, 0.1) is 11.7 Å². The number of carbonyl (C=O) groups is 1. The van der Waals surface area contributed by atoms with Crippen molar-refractivity contribution >= 4 is 5.91 Å². The number of nitrogens with one attached hydrogen (secondary N) is 1. The number of carbonyl (C=O) groups excluding carboxylic acids is 1. The molecule has 0 aromatic carbocycles. The molecule has 1 atom stereocenters. The van der Waals surface area contributed by atoms with Crippen LogP contribution in [0, 0.1) is 0 Å². The number of hydrogen-bond acceptors (Lipinski definition) is 4. The third-order valence-electron chi connectivity index (χ3n) is 3.59. The van der Waals surface area contributed by atoms with E-state index in [4.69, 9.17) is 5.73 Å². The Hall–Kier alpha value is -1.40. The van der Waals surface area contributed by atoms with Crippen LogP contribution in [0.5, 0.6) is 0 Å². The molecular formula is C13H23N5O. The zero-order chi connectivity index (χ0) is 13.8. The molecule has 1 aromatic rings. The summed E-state index contributed by atoms with van der Waals surface area (Å²) in [4.78, 5) is 14.5. The second kappa shape index (κ2) is 6.16. The van der Waals surface area contributed by atoms with E-state index in [9.17, 15) is 4.79 Å². The zero-order valence-electron chi connectivity index (χ0n) is 11.7. The summed E-state index contributed by atoms with van der Waals surface area (Å²) < 4.78 is 1.79. The first kappa shape index (κ1) is 14.0. The quantitative estimate of drug-likeness (QED) is 0.793. The summed E-state index contributed by atoms with van der Waals surface area (Å²) in [5, 5.41) is 7.71. The Morgan fingerprint density at radius 2 is 2.37 bits per heavy atom. The molecule has 2 rings (SSSR count). The SMILES string of the molecule is CCc1cc(C(=O)N2CCNCC2CN)n(CC)n1. The standard InChI is InChI=1S/C13H23N5O/c1-3-10-7-12(18(4-2)16-10)13(19)17-6-5-15-9-11(17)8-14/h7,11,15H,3-6,8-9,14H2,1-2H3. The Morgan fingerprint density at radius 3 is 3.00 bits per heavy atom. The molecule has 1 fully saturated rings. The molecule has 1 saturated heterocycles. The number of hydrogen-bond donors (Lipinski definition) is 2. The van der Waals surface area contributed by atoms with Crippen molar-refractivity contribution in [1.82, 2.24) is 20.0 Å². The summed E-state index contributed by atoms with van der Waals surface area (Å²) in [5.41, 5.74) is 7.40. The third kappa shape index (κ3) is 2.79. The minimum Gasteiger partial charge on any atom is -0.331 e. The van der Waals surface area contributed by atoms with Gasteiger partial charge in [-0.25, -0.2) is 0 Å². The first-order chi connectivity index (χ1) is 9.21. The van der Waals surface area contributed by atoms with Gasteiger partial charge in [0.2, 0.25) is 0 Å². The van der Waals surface area contributed by atoms with E-state index in [0.29, 0.717) is 25.3 Å². The molecule has 106 valence electrons. The Balaban J connectivity index is 2.24. The maximum Gasteiger partial charge on any atom is 0.272 e. The second-order valence-corrected chi connectivity index (χ2v) is 4.78. The predicted molar refractivity (Wildman–Crippen MR) is 74.0 cm³/mol. The highest BCUT2D eigenvalue weighted by atomic mass is 16.2. The molecule has 19 heavy (non-hydrogen) atoms. The molecule has 1 aliphatic heterocycles. The highest BCUT2D eigenvalue weighted by Crippen LogP contribution is 2.12. The number of rotatable bonds is 4. The fourth-order valence-electron chi connectivity index (χ4n) is 2.44. The molecule has 0 saturated carbocycles. The molecule has 6 nitrogen and oxygen atoms in total. The van der Waals surface area contributed by atoms with Crippen molar-refractivity contribution in [2.75, 3.05) is 26.2 Å². The van der Waals surface area contributed by atoms with Gasteiger partial charge in [-0.15, -0.1) is 0 Å². The molecule has 0 bridgehead atoms. The summed E-state index contributed by atoms with van der Waals surface area (Å²) in [5.74, 6) is 0.0472. The minimum atomic E-state index is 0.0472. The molecule has 6 heteroatoms. The van der Waals surface area contributed by atoms with E-state index in [1.54, 1.807) is 4.68 Å². The smallest absolute Gasteiger partial charge is 0.272 e. The largest absolute Gasteiger partial charge is 0.331 e. The van der Waals surface area contributed by atoms with Gasteiger partial charge >= 0.3 is 0 Å². The Morgan fingerprint density at radius 1 is 1.58 bits per heavy atom. The monoisotopic (exact) mass is 265 g/mol. The second-order valence-electron chi connectivity index (χ2n) is 4.78. The van der Waals surface area contributed by atoms with E-state index >= 15 is 0 Å². The fraction of sp³-hybridized carbons (Fsp3) is 0.692. The number of aryl methyl sites for hydroxylation is 2. The van der Waals surface area contributed by atoms with Crippen molar-refractivity contribution in [3.63, 3.8) is 0 Å². The van der Waals surface area contributed by atoms with E-state index in [1.165, 1.54) is 0 Å². The van der Waals surface area contributed by atoms with E-state index in [1.807, 2.05) is 24.8 Å². The Bertz CT molecular complexity index is 442. The molecule has 1 unspecified atom stereocenters. The van der Waals surface area contributed by atoms with Gasteiger partial charge in [-0.1, -0.05) is 6.92 Å². The first-order valence-electron chi connectivity index (χ1n) is 6.99. The predicted octanol–water partition coefficient (Wildman–Crippen LogP) is -0.162. The molecule has 1 aliphatic rings. The maximum atomic E-state index is 12.7. The van der Waals surface area contributed by atoms with Crippen molar-refractivity contribution in [2.24, 2.45) is 5.73 Å². The van der Waals surface area contributed by atoms with Crippen LogP contribution in [-0.4, -0.2) is 52.8 Å². The van der Waals surface area contributed by atoms with Crippen LogP contribution in [0.2, 0.25) is 0 Å². The summed E-state index contributed by atoms with van der Waals surface area (Å²) in [6.45, 7) is 7.54. The van der Waals surface area contributed by atoms with Gasteiger partial charge in [0.15, 0.2) is 0 Å². The van der Waals surface area contributed by atoms with Gasteiger partial charge in [-0.2, -0.15) is 5.10 Å². The Kier molecular flexibility index (Phi) is 4.55. The average molecular weight is 265 g/mol. The van der Waals surface area contributed by atoms with Crippen molar-refractivity contribution in [2.45, 2.75) is 32.9 Å². The minimum absolute atomic E-state index is 0.0472. The molecule has 1 amide bonds. The average Bonchev–Trinajstić information content (AvgIpc) is 2.89. The molecule has 1 aromatic heterocycles. The summed E-state index contributed by atoms with van der Waals surface area (Å²) in [6.07, 6.45) is 0.842. The summed E-state index contributed by atoms with van der Waals surface area (Å²) in [6, 6.07) is 1.98. The van der Waals surface area contributed by atoms with Crippen LogP contribution in [0.3, 0.4) is 0 Å². The van der Waals surface area contributed by atoms with Crippen LogP contribution >= 0.6 is 0 Å². The fourth-order valence-corrected chi connectivity index (χ4v) is 2.44. The van der Waals surface area contributed by atoms with Crippen molar-refractivity contribution in [1.29, 1.82) is 0 Å². The van der Waals surface area contributed by atoms with Crippen molar-refractivity contribution in [3.05, 3.63) is 17.5 Å². The van der Waals surface area contributed by atoms with E-state index in [0.717, 1.165) is 25.2 Å². The van der Waals surface area contributed by atoms with Crippen LogP contribution in [-0.2, 0) is 13.0 Å². The number of nitrogens with two attached hydrogens (primary N) is 1. The molecule has 2 heterocycles. The first-order valence-corrected chi connectivity index (χ1v) is 6.99. The van der Waals surface area contributed by atoms with Crippen LogP contribution in [0.25, 0.3) is 0 Å². The van der Waals surface area contributed by atoms with Crippen LogP contribution in [0.4, 0.5) is 0 Å². The molecule has 0 spiro atoms. The number of aromatic nitrogens is 2. The third-order valence-corrected chi connectivity index (χ3v) is 3.59. The van der Waals surface area contributed by atoms with E-state index in [2.05, 4.69) is 10.4 Å². The lowest BCUT2D eigenvalue weighted by Gasteiger charge is -2.35. The van der Waals surface area contributed by atoms with Gasteiger partial charge < -0.3 is 16.0 Å². The number of amides is 1. The van der Waals surface area contributed by atoms with Gasteiger partial charge in [0, 0.05) is 32.7 Å². The normalized spacial score (nSPS) is 19.7. The van der Waals surface area contributed by atoms with Crippen molar-refractivity contribution < 1.29 is 4.79 Å². The van der Waals surface area contributed by atoms with Crippen LogP contribution < -0.4 is 11.1 Å². The van der Waals surface area contributed by atoms with Gasteiger partial charge in [-0.3, -0.25) is 9.48 Å². The highest BCUT2D eigenvalue weighted by Gasteiger charge is 2.28. The van der Waals surface area contributed by atoms with Crippen LogP contribution in [0.15, 0.2) is 6.07 Å². The molecular weight excluding hydrogens is 242 g/mol. The number of nitrogens with zero attached hydrogens (tertiary/aromatic N) is 3. The van der Waals surface area contributed by atoms with Gasteiger partial charge in [-0.05, 0) is 19.4 Å². The van der Waals surface area contributed by atoms with Crippen molar-refractivity contribution in [3.8, 4) is 0 Å². The van der Waals surface area contributed by atoms with Crippen LogP contribution in [0.1, 0.15) is 30.0 Å². The van der Waals surface area contributed by atoms with Gasteiger partial charge in [0.25, 0.3) is 5.91 Å². The van der Waals surface area contributed by atoms with E-state index in [-0.39, 0.29) is 11.9 Å². The molecule has 3 N–H and O–H groups in total. The Labute approximate surface area is 113 Å². The lowest BCUT2D eigenvalue weighted by molar-refractivity contribution is 0.0632. The highest BCUT2D eigenvalue weighted by molar-refractivity contribution is 5.93. The summed E-state index contributed by atoms with van der Waals surface area (Å²) in [7, 11) is 0. The van der Waals surface area contributed by atoms with E-state index < -0.39 is 0 Å².